The van der Waals surface area contributed by atoms with E-state index in [2.05, 4.69) is 13.2 Å². The van der Waals surface area contributed by atoms with Gasteiger partial charge in [-0.15, -0.1) is 0 Å². The molecule has 0 aromatic heterocycles. The van der Waals surface area contributed by atoms with Crippen LogP contribution in [-0.4, -0.2) is 0 Å². The van der Waals surface area contributed by atoms with Gasteiger partial charge in [0.2, 0.25) is 0 Å². The highest BCUT2D eigenvalue weighted by Crippen LogP contribution is 2.30. The van der Waals surface area contributed by atoms with Crippen LogP contribution in [0.2, 0.25) is 0 Å². The summed E-state index contributed by atoms with van der Waals surface area (Å²) in [5.74, 6) is 0.728. The third-order valence-electron chi connectivity index (χ3n) is 1.90. The van der Waals surface area contributed by atoms with Gasteiger partial charge in [-0.1, -0.05) is 19.2 Å². The minimum atomic E-state index is -4.34. The van der Waals surface area contributed by atoms with Gasteiger partial charge in [-0.3, -0.25) is 0 Å². The van der Waals surface area contributed by atoms with Crippen LogP contribution in [0.3, 0.4) is 0 Å². The van der Waals surface area contributed by atoms with Gasteiger partial charge in [-0.05, 0) is 36.4 Å². The van der Waals surface area contributed by atoms with Crippen LogP contribution >= 0.6 is 0 Å². The highest BCUT2D eigenvalue weighted by Gasteiger charge is 2.29. The lowest BCUT2D eigenvalue weighted by Gasteiger charge is -2.09. The Morgan fingerprint density at radius 1 is 1.12 bits per heavy atom. The molecule has 0 N–H and O–H groups in total. The molecule has 0 atom stereocenters. The summed E-state index contributed by atoms with van der Waals surface area (Å²) in [6.07, 6.45) is 0.169. The van der Waals surface area contributed by atoms with Crippen LogP contribution in [0.15, 0.2) is 61.4 Å². The Morgan fingerprint density at radius 2 is 1.71 bits per heavy atom. The van der Waals surface area contributed by atoms with Crippen LogP contribution in [0.4, 0.5) is 13.2 Å². The summed E-state index contributed by atoms with van der Waals surface area (Å²) in [5, 5.41) is 0. The van der Waals surface area contributed by atoms with Crippen LogP contribution in [-0.2, 0) is 6.18 Å². The van der Waals surface area contributed by atoms with Crippen molar-refractivity contribution in [1.82, 2.24) is 0 Å². The van der Waals surface area contributed by atoms with Crippen molar-refractivity contribution in [3.8, 4) is 5.75 Å². The molecule has 0 fully saturated rings. The number of halogens is 3. The van der Waals surface area contributed by atoms with E-state index in [4.69, 9.17) is 4.74 Å². The van der Waals surface area contributed by atoms with E-state index in [-0.39, 0.29) is 0 Å². The molecule has 90 valence electrons. The van der Waals surface area contributed by atoms with Crippen molar-refractivity contribution in [1.29, 1.82) is 0 Å². The average molecular weight is 240 g/mol. The van der Waals surface area contributed by atoms with Crippen LogP contribution in [0, 0.1) is 0 Å². The normalized spacial score (nSPS) is 12.1. The lowest BCUT2D eigenvalue weighted by molar-refractivity contribution is -0.137. The van der Waals surface area contributed by atoms with E-state index in [1.165, 1.54) is 24.3 Å². The summed E-state index contributed by atoms with van der Waals surface area (Å²) in [6.45, 7) is 7.00. The van der Waals surface area contributed by atoms with Crippen LogP contribution < -0.4 is 4.74 Å². The lowest BCUT2D eigenvalue weighted by Crippen LogP contribution is -2.04. The molecular weight excluding hydrogens is 229 g/mol. The number of rotatable bonds is 4. The van der Waals surface area contributed by atoms with Crippen molar-refractivity contribution in [2.45, 2.75) is 6.18 Å². The Labute approximate surface area is 97.5 Å². The molecule has 1 nitrogen and oxygen atoms in total. The standard InChI is InChI=1S/C13H11F3O/c1-3-5-11(4-2)17-12-8-6-10(7-9-12)13(14,15)16/h3-9H,1-2H2. The van der Waals surface area contributed by atoms with Gasteiger partial charge in [0, 0.05) is 0 Å². The first-order valence-electron chi connectivity index (χ1n) is 4.77. The van der Waals surface area contributed by atoms with Crippen molar-refractivity contribution in [3.05, 3.63) is 67.0 Å². The second-order valence-corrected chi connectivity index (χ2v) is 3.13. The molecule has 4 heteroatoms. The number of alkyl halides is 3. The first kappa shape index (κ1) is 13.1. The van der Waals surface area contributed by atoms with E-state index in [1.807, 2.05) is 0 Å². The molecule has 0 saturated carbocycles. The summed E-state index contributed by atoms with van der Waals surface area (Å²) in [5.41, 5.74) is -0.710. The SMILES string of the molecule is C=CC=C(C=C)Oc1ccc(C(F)(F)F)cc1. The van der Waals surface area contributed by atoms with E-state index in [0.29, 0.717) is 11.5 Å². The van der Waals surface area contributed by atoms with Crippen molar-refractivity contribution in [2.24, 2.45) is 0 Å². The summed E-state index contributed by atoms with van der Waals surface area (Å²) in [4.78, 5) is 0. The molecule has 1 rings (SSSR count). The fourth-order valence-corrected chi connectivity index (χ4v) is 1.11. The molecule has 0 aliphatic carbocycles. The topological polar surface area (TPSA) is 9.23 Å². The summed E-state index contributed by atoms with van der Waals surface area (Å²) >= 11 is 0. The minimum absolute atomic E-state index is 0.311. The number of hydrogen-bond donors (Lipinski definition) is 0. The Hall–Kier alpha value is -1.97. The van der Waals surface area contributed by atoms with Crippen LogP contribution in [0.5, 0.6) is 5.75 Å². The maximum absolute atomic E-state index is 12.3. The summed E-state index contributed by atoms with van der Waals surface area (Å²) in [7, 11) is 0. The minimum Gasteiger partial charge on any atom is -0.457 e. The van der Waals surface area contributed by atoms with E-state index < -0.39 is 11.7 Å². The Bertz CT molecular complexity index is 427. The number of allylic oxidation sites excluding steroid dienone is 3. The molecular formula is C13H11F3O. The average Bonchev–Trinajstić information content (AvgIpc) is 2.28. The maximum Gasteiger partial charge on any atom is 0.416 e. The second-order valence-electron chi connectivity index (χ2n) is 3.13. The largest absolute Gasteiger partial charge is 0.457 e. The molecule has 0 amide bonds. The molecule has 0 radical (unpaired) electrons. The number of benzene rings is 1. The highest BCUT2D eigenvalue weighted by atomic mass is 19.4. The van der Waals surface area contributed by atoms with E-state index in [1.54, 1.807) is 6.08 Å². The van der Waals surface area contributed by atoms with Crippen LogP contribution in [0.25, 0.3) is 0 Å². The Balaban J connectivity index is 2.85. The zero-order valence-electron chi connectivity index (χ0n) is 9.00. The third-order valence-corrected chi connectivity index (χ3v) is 1.90. The monoisotopic (exact) mass is 240 g/mol. The van der Waals surface area contributed by atoms with E-state index in [0.717, 1.165) is 12.1 Å². The zero-order valence-corrected chi connectivity index (χ0v) is 9.00. The van der Waals surface area contributed by atoms with Crippen molar-refractivity contribution in [3.63, 3.8) is 0 Å². The fourth-order valence-electron chi connectivity index (χ4n) is 1.11. The fraction of sp³-hybridized carbons (Fsp3) is 0.0769. The van der Waals surface area contributed by atoms with Crippen molar-refractivity contribution in [2.75, 3.05) is 0 Å². The predicted octanol–water partition coefficient (Wildman–Crippen LogP) is 4.34. The van der Waals surface area contributed by atoms with E-state index in [9.17, 15) is 13.2 Å². The third kappa shape index (κ3) is 3.83. The molecule has 0 heterocycles. The molecule has 0 bridgehead atoms. The van der Waals surface area contributed by atoms with Crippen molar-refractivity contribution < 1.29 is 17.9 Å². The number of hydrogen-bond acceptors (Lipinski definition) is 1. The quantitative estimate of drug-likeness (QED) is 0.562. The van der Waals surface area contributed by atoms with Crippen LogP contribution in [0.1, 0.15) is 5.56 Å². The summed E-state index contributed by atoms with van der Waals surface area (Å²) in [6, 6.07) is 4.43. The molecule has 17 heavy (non-hydrogen) atoms. The molecule has 1 aromatic carbocycles. The molecule has 0 unspecified atom stereocenters. The Morgan fingerprint density at radius 3 is 2.12 bits per heavy atom. The van der Waals surface area contributed by atoms with Gasteiger partial charge in [0.1, 0.15) is 11.5 Å². The van der Waals surface area contributed by atoms with Gasteiger partial charge < -0.3 is 4.74 Å². The van der Waals surface area contributed by atoms with Gasteiger partial charge in [-0.25, -0.2) is 0 Å². The van der Waals surface area contributed by atoms with Gasteiger partial charge in [0.15, 0.2) is 0 Å². The number of ether oxygens (including phenoxy) is 1. The summed E-state index contributed by atoms with van der Waals surface area (Å²) < 4.78 is 42.1. The van der Waals surface area contributed by atoms with Gasteiger partial charge in [0.05, 0.1) is 5.56 Å². The molecule has 0 spiro atoms. The first-order chi connectivity index (χ1) is 7.97. The second kappa shape index (κ2) is 5.39. The van der Waals surface area contributed by atoms with Gasteiger partial charge in [-0.2, -0.15) is 13.2 Å². The zero-order chi connectivity index (χ0) is 12.9. The maximum atomic E-state index is 12.3. The highest BCUT2D eigenvalue weighted by molar-refractivity contribution is 5.31. The Kier molecular flexibility index (Phi) is 4.15. The van der Waals surface area contributed by atoms with E-state index >= 15 is 0 Å². The molecule has 0 saturated heterocycles. The predicted molar refractivity (Wildman–Crippen MR) is 60.5 cm³/mol. The lowest BCUT2D eigenvalue weighted by atomic mass is 10.2. The first-order valence-corrected chi connectivity index (χ1v) is 4.77. The van der Waals surface area contributed by atoms with Crippen molar-refractivity contribution >= 4 is 0 Å². The van der Waals surface area contributed by atoms with Gasteiger partial charge >= 0.3 is 6.18 Å². The molecule has 0 aliphatic rings. The molecule has 1 aromatic rings. The van der Waals surface area contributed by atoms with Gasteiger partial charge in [0.25, 0.3) is 0 Å². The smallest absolute Gasteiger partial charge is 0.416 e. The molecule has 0 aliphatic heterocycles.